The average Bonchev–Trinajstić information content (AvgIpc) is 2.96. The van der Waals surface area contributed by atoms with Crippen LogP contribution in [-0.2, 0) is 4.79 Å². The van der Waals surface area contributed by atoms with E-state index >= 15 is 0 Å². The molecule has 0 atom stereocenters. The highest BCUT2D eigenvalue weighted by Crippen LogP contribution is 2.24. The lowest BCUT2D eigenvalue weighted by atomic mass is 10.1. The van der Waals surface area contributed by atoms with Gasteiger partial charge in [0, 0.05) is 22.8 Å². The van der Waals surface area contributed by atoms with Gasteiger partial charge >= 0.3 is 0 Å². The predicted octanol–water partition coefficient (Wildman–Crippen LogP) is 5.26. The molecule has 0 bridgehead atoms. The van der Waals surface area contributed by atoms with E-state index in [0.717, 1.165) is 22.6 Å². The number of nitrogens with one attached hydrogen (secondary N) is 1. The van der Waals surface area contributed by atoms with Crippen LogP contribution in [-0.4, -0.2) is 10.5 Å². The van der Waals surface area contributed by atoms with Crippen molar-refractivity contribution in [2.75, 3.05) is 5.32 Å². The van der Waals surface area contributed by atoms with Gasteiger partial charge in [0.15, 0.2) is 0 Å². The summed E-state index contributed by atoms with van der Waals surface area (Å²) in [7, 11) is 0. The van der Waals surface area contributed by atoms with Gasteiger partial charge in [-0.3, -0.25) is 4.79 Å². The summed E-state index contributed by atoms with van der Waals surface area (Å²) in [5.74, 6) is -0.412. The molecular formula is C24H23N3O. The minimum absolute atomic E-state index is 0.0733. The first-order valence-corrected chi connectivity index (χ1v) is 9.15. The Morgan fingerprint density at radius 2 is 1.71 bits per heavy atom. The zero-order chi connectivity index (χ0) is 20.3. The average molecular weight is 369 g/mol. The number of para-hydroxylation sites is 1. The third-order valence-electron chi connectivity index (χ3n) is 4.92. The highest BCUT2D eigenvalue weighted by Gasteiger charge is 2.14. The van der Waals surface area contributed by atoms with Crippen LogP contribution in [0, 0.1) is 39.0 Å². The number of carbonyl (C=O) groups excluding carboxylic acids is 1. The van der Waals surface area contributed by atoms with Gasteiger partial charge in [0.25, 0.3) is 5.91 Å². The maximum absolute atomic E-state index is 12.5. The van der Waals surface area contributed by atoms with Crippen molar-refractivity contribution in [3.05, 3.63) is 88.2 Å². The normalized spacial score (nSPS) is 11.2. The quantitative estimate of drug-likeness (QED) is 0.504. The molecule has 0 aliphatic heterocycles. The molecule has 28 heavy (non-hydrogen) atoms. The first-order chi connectivity index (χ1) is 13.4. The molecule has 0 aliphatic rings. The lowest BCUT2D eigenvalue weighted by Gasteiger charge is -2.12. The monoisotopic (exact) mass is 369 g/mol. The molecule has 0 saturated heterocycles. The van der Waals surface area contributed by atoms with Gasteiger partial charge in [-0.05, 0) is 80.8 Å². The minimum Gasteiger partial charge on any atom is -0.321 e. The molecule has 0 unspecified atom stereocenters. The Kier molecular flexibility index (Phi) is 5.47. The van der Waals surface area contributed by atoms with Crippen molar-refractivity contribution >= 4 is 17.7 Å². The van der Waals surface area contributed by atoms with Crippen molar-refractivity contribution in [3.63, 3.8) is 0 Å². The lowest BCUT2D eigenvalue weighted by Crippen LogP contribution is -2.13. The SMILES string of the molecule is Cc1ccc(-n2c(C)cc(/C=C(/C#N)C(=O)Nc3ccccc3)c2C)cc1C. The van der Waals surface area contributed by atoms with Crippen LogP contribution >= 0.6 is 0 Å². The molecule has 0 spiro atoms. The molecule has 1 amide bonds. The van der Waals surface area contributed by atoms with Gasteiger partial charge in [0.05, 0.1) is 0 Å². The van der Waals surface area contributed by atoms with Gasteiger partial charge in [-0.1, -0.05) is 24.3 Å². The molecule has 0 saturated carbocycles. The van der Waals surface area contributed by atoms with Crippen molar-refractivity contribution in [2.24, 2.45) is 0 Å². The number of hydrogen-bond donors (Lipinski definition) is 1. The van der Waals surface area contributed by atoms with Crippen LogP contribution in [0.1, 0.15) is 28.1 Å². The van der Waals surface area contributed by atoms with E-state index < -0.39 is 5.91 Å². The van der Waals surface area contributed by atoms with Crippen LogP contribution in [0.2, 0.25) is 0 Å². The third kappa shape index (κ3) is 3.89. The second-order valence-corrected chi connectivity index (χ2v) is 6.92. The van der Waals surface area contributed by atoms with E-state index in [2.05, 4.69) is 41.9 Å². The van der Waals surface area contributed by atoms with E-state index in [9.17, 15) is 10.1 Å². The number of aryl methyl sites for hydroxylation is 3. The number of carbonyl (C=O) groups is 1. The number of amides is 1. The predicted molar refractivity (Wildman–Crippen MR) is 113 cm³/mol. The fraction of sp³-hybridized carbons (Fsp3) is 0.167. The highest BCUT2D eigenvalue weighted by molar-refractivity contribution is 6.09. The molecular weight excluding hydrogens is 346 g/mol. The molecule has 1 heterocycles. The molecule has 140 valence electrons. The van der Waals surface area contributed by atoms with Gasteiger partial charge in [0.2, 0.25) is 0 Å². The molecule has 4 heteroatoms. The van der Waals surface area contributed by atoms with Crippen molar-refractivity contribution in [3.8, 4) is 11.8 Å². The molecule has 0 radical (unpaired) electrons. The van der Waals surface area contributed by atoms with Crippen molar-refractivity contribution in [1.29, 1.82) is 5.26 Å². The van der Waals surface area contributed by atoms with Gasteiger partial charge in [-0.2, -0.15) is 5.26 Å². The standard InChI is InChI=1S/C24H23N3O/c1-16-10-11-23(12-17(16)2)27-18(3)13-20(19(27)4)14-21(15-25)24(28)26-22-8-6-5-7-9-22/h5-14H,1-4H3,(H,26,28)/b21-14-. The Bertz CT molecular complexity index is 1100. The van der Waals surface area contributed by atoms with Crippen molar-refractivity contribution in [1.82, 2.24) is 4.57 Å². The summed E-state index contributed by atoms with van der Waals surface area (Å²) in [5, 5.41) is 12.3. The third-order valence-corrected chi connectivity index (χ3v) is 4.92. The van der Waals surface area contributed by atoms with E-state index in [1.165, 1.54) is 11.1 Å². The Hall–Kier alpha value is -3.58. The summed E-state index contributed by atoms with van der Waals surface area (Å²) in [6, 6.07) is 19.5. The summed E-state index contributed by atoms with van der Waals surface area (Å²) in [6.07, 6.45) is 1.65. The van der Waals surface area contributed by atoms with Crippen molar-refractivity contribution < 1.29 is 4.79 Å². The molecule has 1 aromatic heterocycles. The Balaban J connectivity index is 1.96. The second-order valence-electron chi connectivity index (χ2n) is 6.92. The largest absolute Gasteiger partial charge is 0.321 e. The first kappa shape index (κ1) is 19.2. The van der Waals surface area contributed by atoms with E-state index in [4.69, 9.17) is 0 Å². The zero-order valence-corrected chi connectivity index (χ0v) is 16.6. The van der Waals surface area contributed by atoms with Crippen LogP contribution in [0.5, 0.6) is 0 Å². The summed E-state index contributed by atoms with van der Waals surface area (Å²) >= 11 is 0. The van der Waals surface area contributed by atoms with Gasteiger partial charge in [-0.15, -0.1) is 0 Å². The van der Waals surface area contributed by atoms with Crippen LogP contribution in [0.25, 0.3) is 11.8 Å². The fourth-order valence-corrected chi connectivity index (χ4v) is 3.22. The van der Waals surface area contributed by atoms with Gasteiger partial charge in [0.1, 0.15) is 11.6 Å². The van der Waals surface area contributed by atoms with Crippen LogP contribution in [0.15, 0.2) is 60.2 Å². The zero-order valence-electron chi connectivity index (χ0n) is 16.6. The number of rotatable bonds is 4. The lowest BCUT2D eigenvalue weighted by molar-refractivity contribution is -0.112. The summed E-state index contributed by atoms with van der Waals surface area (Å²) < 4.78 is 2.14. The maximum atomic E-state index is 12.5. The second kappa shape index (κ2) is 7.98. The first-order valence-electron chi connectivity index (χ1n) is 9.15. The summed E-state index contributed by atoms with van der Waals surface area (Å²) in [6.45, 7) is 8.20. The number of hydrogen-bond acceptors (Lipinski definition) is 2. The summed E-state index contributed by atoms with van der Waals surface area (Å²) in [5.41, 5.74) is 7.17. The topological polar surface area (TPSA) is 57.8 Å². The molecule has 1 N–H and O–H groups in total. The molecule has 0 aliphatic carbocycles. The van der Waals surface area contributed by atoms with Crippen molar-refractivity contribution in [2.45, 2.75) is 27.7 Å². The van der Waals surface area contributed by atoms with E-state index in [-0.39, 0.29) is 5.57 Å². The van der Waals surface area contributed by atoms with Crippen LogP contribution in [0.4, 0.5) is 5.69 Å². The highest BCUT2D eigenvalue weighted by atomic mass is 16.1. The Labute approximate surface area is 165 Å². The fourth-order valence-electron chi connectivity index (χ4n) is 3.22. The van der Waals surface area contributed by atoms with Gasteiger partial charge < -0.3 is 9.88 Å². The van der Waals surface area contributed by atoms with Gasteiger partial charge in [-0.25, -0.2) is 0 Å². The smallest absolute Gasteiger partial charge is 0.266 e. The Morgan fingerprint density at radius 3 is 2.36 bits per heavy atom. The molecule has 4 nitrogen and oxygen atoms in total. The summed E-state index contributed by atoms with van der Waals surface area (Å²) in [4.78, 5) is 12.5. The van der Waals surface area contributed by atoms with Crippen LogP contribution < -0.4 is 5.32 Å². The van der Waals surface area contributed by atoms with E-state index in [0.29, 0.717) is 5.69 Å². The number of anilines is 1. The van der Waals surface area contributed by atoms with Crippen LogP contribution in [0.3, 0.4) is 0 Å². The Morgan fingerprint density at radius 1 is 1.00 bits per heavy atom. The minimum atomic E-state index is -0.412. The maximum Gasteiger partial charge on any atom is 0.266 e. The number of benzene rings is 2. The molecule has 3 rings (SSSR count). The molecule has 2 aromatic carbocycles. The number of nitrogens with zero attached hydrogens (tertiary/aromatic N) is 2. The van der Waals surface area contributed by atoms with E-state index in [1.807, 2.05) is 44.2 Å². The number of nitriles is 1. The van der Waals surface area contributed by atoms with E-state index in [1.54, 1.807) is 18.2 Å². The number of aromatic nitrogens is 1. The molecule has 0 fully saturated rings. The molecule has 3 aromatic rings.